The third-order valence-corrected chi connectivity index (χ3v) is 6.50. The first kappa shape index (κ1) is 22.8. The van der Waals surface area contributed by atoms with E-state index in [1.807, 2.05) is 54.7 Å². The average Bonchev–Trinajstić information content (AvgIpc) is 3.31. The maximum atomic E-state index is 11.2. The lowest BCUT2D eigenvalue weighted by Gasteiger charge is -2.14. The summed E-state index contributed by atoms with van der Waals surface area (Å²) in [4.78, 5) is 31.1. The molecule has 0 aliphatic rings. The van der Waals surface area contributed by atoms with Gasteiger partial charge < -0.3 is 9.14 Å². The minimum Gasteiger partial charge on any atom is -0.480 e. The van der Waals surface area contributed by atoms with Gasteiger partial charge in [0.15, 0.2) is 12.6 Å². The van der Waals surface area contributed by atoms with Gasteiger partial charge in [0.2, 0.25) is 5.88 Å². The number of fused-ring (bicyclic) bond motifs is 1. The maximum Gasteiger partial charge on any atom is 0.224 e. The van der Waals surface area contributed by atoms with Crippen LogP contribution in [0.5, 0.6) is 5.88 Å². The van der Waals surface area contributed by atoms with Gasteiger partial charge in [0, 0.05) is 34.6 Å². The number of aldehydes is 2. The van der Waals surface area contributed by atoms with Crippen LogP contribution in [0, 0.1) is 0 Å². The van der Waals surface area contributed by atoms with Crippen molar-refractivity contribution in [2.75, 3.05) is 7.11 Å². The predicted octanol–water partition coefficient (Wildman–Crippen LogP) is 6.67. The fraction of sp³-hybridized carbons (Fsp3) is 0.0370. The van der Waals surface area contributed by atoms with Crippen molar-refractivity contribution >= 4 is 41.4 Å². The Morgan fingerprint density at radius 1 is 0.829 bits per heavy atom. The van der Waals surface area contributed by atoms with Gasteiger partial charge in [-0.1, -0.05) is 59.6 Å². The van der Waals surface area contributed by atoms with E-state index in [9.17, 15) is 9.59 Å². The van der Waals surface area contributed by atoms with Crippen molar-refractivity contribution in [3.05, 3.63) is 94.4 Å². The number of benzene rings is 2. The molecule has 5 rings (SSSR count). The first-order valence-electron chi connectivity index (χ1n) is 10.6. The molecule has 0 saturated carbocycles. The van der Waals surface area contributed by atoms with Gasteiger partial charge in [0.05, 0.1) is 28.4 Å². The third-order valence-electron chi connectivity index (χ3n) is 5.68. The summed E-state index contributed by atoms with van der Waals surface area (Å²) >= 11 is 13.8. The molecule has 0 spiro atoms. The van der Waals surface area contributed by atoms with Crippen molar-refractivity contribution in [2.24, 2.45) is 0 Å². The summed E-state index contributed by atoms with van der Waals surface area (Å²) in [5.41, 5.74) is 5.76. The number of ether oxygens (including phenoxy) is 1. The van der Waals surface area contributed by atoms with Gasteiger partial charge in [-0.3, -0.25) is 9.59 Å². The number of hydrogen-bond acceptors (Lipinski definition) is 5. The molecule has 35 heavy (non-hydrogen) atoms. The van der Waals surface area contributed by atoms with Crippen LogP contribution < -0.4 is 4.74 Å². The molecule has 0 fully saturated rings. The van der Waals surface area contributed by atoms with Gasteiger partial charge in [-0.2, -0.15) is 0 Å². The van der Waals surface area contributed by atoms with E-state index in [-0.39, 0.29) is 5.88 Å². The smallest absolute Gasteiger partial charge is 0.224 e. The molecule has 0 aliphatic carbocycles. The fourth-order valence-corrected chi connectivity index (χ4v) is 4.64. The second-order valence-corrected chi connectivity index (χ2v) is 8.47. The van der Waals surface area contributed by atoms with Gasteiger partial charge in [0.25, 0.3) is 0 Å². The number of halogens is 2. The number of aromatic nitrogens is 3. The summed E-state index contributed by atoms with van der Waals surface area (Å²) in [5, 5.41) is 0.999. The Hall–Kier alpha value is -4.00. The quantitative estimate of drug-likeness (QED) is 0.243. The third kappa shape index (κ3) is 4.07. The molecule has 8 heteroatoms. The lowest BCUT2D eigenvalue weighted by molar-refractivity contribution is 0.111. The van der Waals surface area contributed by atoms with Crippen molar-refractivity contribution in [2.45, 2.75) is 0 Å². The number of rotatable bonds is 6. The minimum absolute atomic E-state index is 0.228. The lowest BCUT2D eigenvalue weighted by Crippen LogP contribution is -1.96. The molecule has 0 saturated heterocycles. The van der Waals surface area contributed by atoms with E-state index in [0.717, 1.165) is 22.3 Å². The predicted molar refractivity (Wildman–Crippen MR) is 137 cm³/mol. The van der Waals surface area contributed by atoms with Gasteiger partial charge >= 0.3 is 0 Å². The zero-order valence-corrected chi connectivity index (χ0v) is 19.9. The molecule has 3 aromatic heterocycles. The Balaban J connectivity index is 1.61. The number of carbonyl (C=O) groups is 2. The van der Waals surface area contributed by atoms with E-state index < -0.39 is 0 Å². The molecule has 0 bridgehead atoms. The molecule has 0 N–H and O–H groups in total. The highest BCUT2D eigenvalue weighted by molar-refractivity contribution is 6.39. The summed E-state index contributed by atoms with van der Waals surface area (Å²) in [6.45, 7) is 0. The molecular formula is C27H17Cl2N3O3. The van der Waals surface area contributed by atoms with Crippen molar-refractivity contribution < 1.29 is 14.3 Å². The Morgan fingerprint density at radius 3 is 2.20 bits per heavy atom. The summed E-state index contributed by atoms with van der Waals surface area (Å²) in [6.07, 6.45) is 4.91. The van der Waals surface area contributed by atoms with Crippen LogP contribution in [0.25, 0.3) is 39.2 Å². The Bertz CT molecular complexity index is 1610. The molecule has 0 unspecified atom stereocenters. The molecule has 3 heterocycles. The summed E-state index contributed by atoms with van der Waals surface area (Å²) in [6, 6.07) is 18.5. The van der Waals surface area contributed by atoms with Gasteiger partial charge in [-0.15, -0.1) is 0 Å². The van der Waals surface area contributed by atoms with Crippen LogP contribution in [-0.2, 0) is 0 Å². The normalized spacial score (nSPS) is 10.9. The first-order valence-corrected chi connectivity index (χ1v) is 11.3. The zero-order valence-electron chi connectivity index (χ0n) is 18.4. The molecule has 0 amide bonds. The van der Waals surface area contributed by atoms with Crippen LogP contribution >= 0.6 is 23.2 Å². The molecular weight excluding hydrogens is 485 g/mol. The van der Waals surface area contributed by atoms with E-state index in [2.05, 4.69) is 9.97 Å². The Morgan fingerprint density at radius 2 is 1.51 bits per heavy atom. The van der Waals surface area contributed by atoms with E-state index in [1.54, 1.807) is 22.7 Å². The average molecular weight is 502 g/mol. The number of methoxy groups -OCH3 is 1. The van der Waals surface area contributed by atoms with E-state index in [4.69, 9.17) is 27.9 Å². The first-order chi connectivity index (χ1) is 17.0. The van der Waals surface area contributed by atoms with Crippen molar-refractivity contribution in [1.29, 1.82) is 0 Å². The second kappa shape index (κ2) is 9.33. The highest BCUT2D eigenvalue weighted by atomic mass is 35.5. The van der Waals surface area contributed by atoms with Crippen LogP contribution in [0.15, 0.2) is 73.1 Å². The van der Waals surface area contributed by atoms with E-state index in [1.165, 1.54) is 7.11 Å². The number of carbonyl (C=O) groups excluding carboxylic acids is 2. The summed E-state index contributed by atoms with van der Waals surface area (Å²) in [5.74, 6) is 0.228. The number of pyridine rings is 2. The second-order valence-electron chi connectivity index (χ2n) is 7.71. The molecule has 5 aromatic rings. The monoisotopic (exact) mass is 501 g/mol. The fourth-order valence-electron chi connectivity index (χ4n) is 3.98. The van der Waals surface area contributed by atoms with E-state index in [0.29, 0.717) is 50.8 Å². The maximum absolute atomic E-state index is 11.2. The Kier molecular flexibility index (Phi) is 6.07. The van der Waals surface area contributed by atoms with Crippen LogP contribution in [-0.4, -0.2) is 34.1 Å². The molecule has 0 radical (unpaired) electrons. The number of imidazole rings is 1. The number of nitrogens with zero attached hydrogens (tertiary/aromatic N) is 3. The number of hydrogen-bond donors (Lipinski definition) is 0. The summed E-state index contributed by atoms with van der Waals surface area (Å²) < 4.78 is 7.02. The standard InChI is InChI=1S/C27H17Cl2N3O3/c1-35-27-17(14-33)8-9-23(31-27)22-7-3-6-21(26(22)29)20-5-2-4-19(25(20)28)16-10-11-32-13-18(15-34)30-24(32)12-16/h2-15H,1H3. The van der Waals surface area contributed by atoms with Gasteiger partial charge in [0.1, 0.15) is 11.3 Å². The molecule has 6 nitrogen and oxygen atoms in total. The van der Waals surface area contributed by atoms with Crippen molar-refractivity contribution in [3.8, 4) is 39.4 Å². The van der Waals surface area contributed by atoms with Crippen LogP contribution in [0.2, 0.25) is 10.0 Å². The van der Waals surface area contributed by atoms with Crippen molar-refractivity contribution in [1.82, 2.24) is 14.4 Å². The highest BCUT2D eigenvalue weighted by Crippen LogP contribution is 2.42. The van der Waals surface area contributed by atoms with Crippen LogP contribution in [0.1, 0.15) is 20.8 Å². The summed E-state index contributed by atoms with van der Waals surface area (Å²) in [7, 11) is 1.46. The van der Waals surface area contributed by atoms with Gasteiger partial charge in [-0.05, 0) is 29.8 Å². The van der Waals surface area contributed by atoms with E-state index >= 15 is 0 Å². The SMILES string of the molecule is COc1nc(-c2cccc(-c3cccc(-c4ccn5cc(C=O)nc5c4)c3Cl)c2Cl)ccc1C=O. The zero-order chi connectivity index (χ0) is 24.5. The highest BCUT2D eigenvalue weighted by Gasteiger charge is 2.17. The van der Waals surface area contributed by atoms with Crippen LogP contribution in [0.4, 0.5) is 0 Å². The topological polar surface area (TPSA) is 73.6 Å². The molecule has 0 atom stereocenters. The largest absolute Gasteiger partial charge is 0.480 e. The van der Waals surface area contributed by atoms with Crippen molar-refractivity contribution in [3.63, 3.8) is 0 Å². The molecule has 2 aromatic carbocycles. The molecule has 0 aliphatic heterocycles. The lowest BCUT2D eigenvalue weighted by atomic mass is 9.97. The molecule has 172 valence electrons. The van der Waals surface area contributed by atoms with Gasteiger partial charge in [-0.25, -0.2) is 9.97 Å². The van der Waals surface area contributed by atoms with Crippen LogP contribution in [0.3, 0.4) is 0 Å². The minimum atomic E-state index is 0.228. The Labute approximate surface area is 210 Å².